The van der Waals surface area contributed by atoms with Gasteiger partial charge in [-0.05, 0) is 28.0 Å². The quantitative estimate of drug-likeness (QED) is 0.299. The van der Waals surface area contributed by atoms with Gasteiger partial charge in [-0.3, -0.25) is 4.90 Å². The molecule has 1 aromatic heterocycles. The summed E-state index contributed by atoms with van der Waals surface area (Å²) >= 11 is 0. The first-order valence-electron chi connectivity index (χ1n) is 8.89. The van der Waals surface area contributed by atoms with E-state index in [9.17, 15) is 4.79 Å². The minimum Gasteiger partial charge on any atom is -0.423 e. The van der Waals surface area contributed by atoms with Gasteiger partial charge in [-0.1, -0.05) is 66.6 Å². The van der Waals surface area contributed by atoms with Crippen molar-refractivity contribution in [2.45, 2.75) is 13.1 Å². The van der Waals surface area contributed by atoms with Crippen LogP contribution in [0.2, 0.25) is 0 Å². The highest BCUT2D eigenvalue weighted by molar-refractivity contribution is 6.07. The van der Waals surface area contributed by atoms with Gasteiger partial charge in [0.15, 0.2) is 0 Å². The summed E-state index contributed by atoms with van der Waals surface area (Å²) in [4.78, 5) is 14.3. The lowest BCUT2D eigenvalue weighted by atomic mass is 10.0. The second-order valence-corrected chi connectivity index (χ2v) is 6.59. The van der Waals surface area contributed by atoms with Gasteiger partial charge in [0.2, 0.25) is 0 Å². The smallest absolute Gasteiger partial charge is 0.336 e. The Balaban J connectivity index is 1.80. The zero-order valence-corrected chi connectivity index (χ0v) is 14.9. The summed E-state index contributed by atoms with van der Waals surface area (Å²) in [5.74, 6) is 2.73. The lowest BCUT2D eigenvalue weighted by molar-refractivity contribution is 0.291. The molecule has 0 unspecified atom stereocenters. The predicted molar refractivity (Wildman–Crippen MR) is 109 cm³/mol. The first-order valence-corrected chi connectivity index (χ1v) is 8.89. The van der Waals surface area contributed by atoms with E-state index in [0.717, 1.165) is 28.3 Å². The summed E-state index contributed by atoms with van der Waals surface area (Å²) in [7, 11) is 0. The SMILES string of the molecule is C#CCN(Cc1ccccc1)Cc1cc(=O)oc2ccc3ccccc3c12. The molecule has 1 heterocycles. The molecule has 0 atom stereocenters. The molecule has 27 heavy (non-hydrogen) atoms. The molecule has 0 saturated heterocycles. The van der Waals surface area contributed by atoms with Crippen molar-refractivity contribution in [1.29, 1.82) is 0 Å². The average Bonchev–Trinajstić information content (AvgIpc) is 2.68. The van der Waals surface area contributed by atoms with Gasteiger partial charge in [-0.25, -0.2) is 4.79 Å². The van der Waals surface area contributed by atoms with Gasteiger partial charge in [0.1, 0.15) is 5.58 Å². The monoisotopic (exact) mass is 353 g/mol. The van der Waals surface area contributed by atoms with Gasteiger partial charge >= 0.3 is 5.63 Å². The van der Waals surface area contributed by atoms with Crippen LogP contribution in [0.3, 0.4) is 0 Å². The van der Waals surface area contributed by atoms with Gasteiger partial charge in [-0.15, -0.1) is 6.42 Å². The molecule has 3 aromatic carbocycles. The second-order valence-electron chi connectivity index (χ2n) is 6.59. The Kier molecular flexibility index (Phi) is 4.74. The molecule has 0 bridgehead atoms. The molecule has 4 aromatic rings. The predicted octanol–water partition coefficient (Wildman–Crippen LogP) is 4.58. The maximum Gasteiger partial charge on any atom is 0.336 e. The Morgan fingerprint density at radius 2 is 1.70 bits per heavy atom. The van der Waals surface area contributed by atoms with Crippen LogP contribution in [-0.4, -0.2) is 11.4 Å². The maximum atomic E-state index is 12.1. The van der Waals surface area contributed by atoms with Gasteiger partial charge in [0, 0.05) is 24.5 Å². The molecule has 0 aliphatic carbocycles. The number of nitrogens with zero attached hydrogens (tertiary/aromatic N) is 1. The van der Waals surface area contributed by atoms with Crippen molar-refractivity contribution in [3.05, 3.63) is 94.3 Å². The Morgan fingerprint density at radius 1 is 0.926 bits per heavy atom. The molecule has 0 fully saturated rings. The molecule has 0 spiro atoms. The summed E-state index contributed by atoms with van der Waals surface area (Å²) in [6.07, 6.45) is 5.60. The molecule has 4 rings (SSSR count). The molecule has 0 amide bonds. The Morgan fingerprint density at radius 3 is 2.52 bits per heavy atom. The molecular weight excluding hydrogens is 334 g/mol. The number of hydrogen-bond acceptors (Lipinski definition) is 3. The first kappa shape index (κ1) is 17.1. The lowest BCUT2D eigenvalue weighted by Crippen LogP contribution is -2.24. The largest absolute Gasteiger partial charge is 0.423 e. The highest BCUT2D eigenvalue weighted by Crippen LogP contribution is 2.28. The first-order chi connectivity index (χ1) is 13.2. The Bertz CT molecular complexity index is 1190. The normalized spacial score (nSPS) is 11.1. The molecule has 3 heteroatoms. The summed E-state index contributed by atoms with van der Waals surface area (Å²) in [5, 5.41) is 3.17. The van der Waals surface area contributed by atoms with Gasteiger partial charge < -0.3 is 4.42 Å². The van der Waals surface area contributed by atoms with Crippen LogP contribution in [-0.2, 0) is 13.1 Å². The number of fused-ring (bicyclic) bond motifs is 3. The molecule has 3 nitrogen and oxygen atoms in total. The van der Waals surface area contributed by atoms with E-state index in [2.05, 4.69) is 35.1 Å². The molecule has 0 saturated carbocycles. The lowest BCUT2D eigenvalue weighted by Gasteiger charge is -2.21. The van der Waals surface area contributed by atoms with Gasteiger partial charge in [0.25, 0.3) is 0 Å². The summed E-state index contributed by atoms with van der Waals surface area (Å²) in [6, 6.07) is 23.8. The van der Waals surface area contributed by atoms with E-state index in [1.165, 1.54) is 5.56 Å². The molecule has 0 N–H and O–H groups in total. The van der Waals surface area contributed by atoms with Crippen LogP contribution in [0.25, 0.3) is 21.7 Å². The van der Waals surface area contributed by atoms with Crippen molar-refractivity contribution in [3.8, 4) is 12.3 Å². The fourth-order valence-electron chi connectivity index (χ4n) is 3.52. The van der Waals surface area contributed by atoms with Crippen LogP contribution in [0.4, 0.5) is 0 Å². The van der Waals surface area contributed by atoms with E-state index in [-0.39, 0.29) is 5.63 Å². The summed E-state index contributed by atoms with van der Waals surface area (Å²) in [5.41, 5.74) is 2.39. The van der Waals surface area contributed by atoms with Crippen molar-refractivity contribution in [1.82, 2.24) is 4.90 Å². The minimum atomic E-state index is -0.340. The molecule has 0 aliphatic rings. The number of hydrogen-bond donors (Lipinski definition) is 0. The Labute approximate surface area is 157 Å². The third-order valence-corrected chi connectivity index (χ3v) is 4.67. The topological polar surface area (TPSA) is 33.5 Å². The van der Waals surface area contributed by atoms with Crippen LogP contribution < -0.4 is 5.63 Å². The fourth-order valence-corrected chi connectivity index (χ4v) is 3.52. The van der Waals surface area contributed by atoms with E-state index < -0.39 is 0 Å². The average molecular weight is 353 g/mol. The fraction of sp³-hybridized carbons (Fsp3) is 0.125. The maximum absolute atomic E-state index is 12.1. The van der Waals surface area contributed by atoms with E-state index in [4.69, 9.17) is 10.8 Å². The van der Waals surface area contributed by atoms with Crippen LogP contribution in [0.5, 0.6) is 0 Å². The van der Waals surface area contributed by atoms with Gasteiger partial charge in [0.05, 0.1) is 6.54 Å². The third kappa shape index (κ3) is 3.62. The van der Waals surface area contributed by atoms with E-state index in [1.54, 1.807) is 6.07 Å². The second kappa shape index (κ2) is 7.49. The highest BCUT2D eigenvalue weighted by Gasteiger charge is 2.13. The summed E-state index contributed by atoms with van der Waals surface area (Å²) < 4.78 is 5.46. The molecule has 0 radical (unpaired) electrons. The highest BCUT2D eigenvalue weighted by atomic mass is 16.4. The van der Waals surface area contributed by atoms with Gasteiger partial charge in [-0.2, -0.15) is 0 Å². The van der Waals surface area contributed by atoms with Crippen molar-refractivity contribution < 1.29 is 4.42 Å². The van der Waals surface area contributed by atoms with Crippen molar-refractivity contribution in [2.75, 3.05) is 6.54 Å². The number of benzene rings is 3. The number of rotatable bonds is 5. The Hall–Kier alpha value is -3.35. The van der Waals surface area contributed by atoms with Crippen molar-refractivity contribution in [2.24, 2.45) is 0 Å². The summed E-state index contributed by atoms with van der Waals surface area (Å²) in [6.45, 7) is 1.80. The van der Waals surface area contributed by atoms with Crippen molar-refractivity contribution >= 4 is 21.7 Å². The number of terminal acetylenes is 1. The zero-order valence-electron chi connectivity index (χ0n) is 14.9. The molecular formula is C24H19NO2. The third-order valence-electron chi connectivity index (χ3n) is 4.67. The standard InChI is InChI=1S/C24H19NO2/c1-2-14-25(16-18-8-4-3-5-9-18)17-20-15-23(26)27-22-13-12-19-10-6-7-11-21(19)24(20)22/h1,3-13,15H,14,16-17H2. The zero-order chi connectivity index (χ0) is 18.6. The van der Waals surface area contributed by atoms with E-state index >= 15 is 0 Å². The van der Waals surface area contributed by atoms with Crippen molar-refractivity contribution in [3.63, 3.8) is 0 Å². The van der Waals surface area contributed by atoms with Crippen LogP contribution >= 0.6 is 0 Å². The van der Waals surface area contributed by atoms with Crippen LogP contribution in [0.15, 0.2) is 82.0 Å². The van der Waals surface area contributed by atoms with Crippen LogP contribution in [0, 0.1) is 12.3 Å². The minimum absolute atomic E-state index is 0.340. The van der Waals surface area contributed by atoms with Crippen LogP contribution in [0.1, 0.15) is 11.1 Å². The molecule has 132 valence electrons. The molecule has 0 aliphatic heterocycles. The van der Waals surface area contributed by atoms with E-state index in [1.807, 2.05) is 42.5 Å². The van der Waals surface area contributed by atoms with E-state index in [0.29, 0.717) is 18.7 Å².